The molecule has 1 saturated heterocycles. The molecule has 1 atom stereocenters. The van der Waals surface area contributed by atoms with Gasteiger partial charge in [-0.15, -0.1) is 24.0 Å². The van der Waals surface area contributed by atoms with Crippen molar-refractivity contribution in [1.82, 2.24) is 10.2 Å². The van der Waals surface area contributed by atoms with Gasteiger partial charge in [0.15, 0.2) is 5.96 Å². The molecular formula is C13H26IN3OS. The molecule has 1 aliphatic carbocycles. The molecule has 0 aromatic carbocycles. The molecule has 2 rings (SSSR count). The fourth-order valence-electron chi connectivity index (χ4n) is 2.50. The van der Waals surface area contributed by atoms with Crippen molar-refractivity contribution in [3.63, 3.8) is 0 Å². The van der Waals surface area contributed by atoms with Crippen LogP contribution in [0.1, 0.15) is 32.6 Å². The second-order valence-electron chi connectivity index (χ2n) is 5.33. The monoisotopic (exact) mass is 399 g/mol. The summed E-state index contributed by atoms with van der Waals surface area (Å²) in [5.41, 5.74) is -0.482. The molecule has 1 unspecified atom stereocenters. The molecule has 6 heteroatoms. The molecule has 0 radical (unpaired) electrons. The first kappa shape index (κ1) is 17.4. The van der Waals surface area contributed by atoms with Crippen LogP contribution in [0.15, 0.2) is 4.99 Å². The fourth-order valence-corrected chi connectivity index (χ4v) is 3.68. The van der Waals surface area contributed by atoms with Crippen molar-refractivity contribution >= 4 is 41.7 Å². The molecular weight excluding hydrogens is 373 g/mol. The van der Waals surface area contributed by atoms with E-state index in [1.165, 1.54) is 12.2 Å². The number of nitrogens with zero attached hydrogens (tertiary/aromatic N) is 2. The molecule has 1 saturated carbocycles. The van der Waals surface area contributed by atoms with Gasteiger partial charge in [0.25, 0.3) is 0 Å². The predicted octanol–water partition coefficient (Wildman–Crippen LogP) is 1.92. The van der Waals surface area contributed by atoms with Gasteiger partial charge in [-0.3, -0.25) is 4.99 Å². The van der Waals surface area contributed by atoms with Crippen LogP contribution in [0.4, 0.5) is 0 Å². The van der Waals surface area contributed by atoms with E-state index < -0.39 is 5.60 Å². The van der Waals surface area contributed by atoms with Gasteiger partial charge in [-0.25, -0.2) is 0 Å². The Morgan fingerprint density at radius 2 is 2.26 bits per heavy atom. The number of hydrogen-bond acceptors (Lipinski definition) is 3. The molecule has 0 aromatic rings. The van der Waals surface area contributed by atoms with Gasteiger partial charge in [-0.1, -0.05) is 6.92 Å². The van der Waals surface area contributed by atoms with E-state index in [4.69, 9.17) is 0 Å². The van der Waals surface area contributed by atoms with E-state index in [-0.39, 0.29) is 24.0 Å². The number of hydrogen-bond donors (Lipinski definition) is 2. The third kappa shape index (κ3) is 4.67. The molecule has 0 aromatic heterocycles. The van der Waals surface area contributed by atoms with Gasteiger partial charge in [0.1, 0.15) is 0 Å². The second-order valence-corrected chi connectivity index (χ2v) is 6.73. The van der Waals surface area contributed by atoms with Crippen LogP contribution >= 0.6 is 35.7 Å². The topological polar surface area (TPSA) is 47.9 Å². The van der Waals surface area contributed by atoms with Crippen molar-refractivity contribution in [2.24, 2.45) is 4.99 Å². The number of nitrogens with one attached hydrogen (secondary N) is 1. The summed E-state index contributed by atoms with van der Waals surface area (Å²) in [4.78, 5) is 6.68. The van der Waals surface area contributed by atoms with Gasteiger partial charge < -0.3 is 15.3 Å². The van der Waals surface area contributed by atoms with Crippen LogP contribution in [-0.2, 0) is 0 Å². The van der Waals surface area contributed by atoms with Crippen molar-refractivity contribution in [2.75, 3.05) is 32.4 Å². The average Bonchev–Trinajstić information content (AvgIpc) is 2.37. The quantitative estimate of drug-likeness (QED) is 0.433. The van der Waals surface area contributed by atoms with Crippen LogP contribution in [-0.4, -0.2) is 59.3 Å². The maximum absolute atomic E-state index is 10.1. The maximum Gasteiger partial charge on any atom is 0.193 e. The molecule has 0 bridgehead atoms. The molecule has 0 amide bonds. The van der Waals surface area contributed by atoms with Crippen LogP contribution < -0.4 is 5.32 Å². The highest BCUT2D eigenvalue weighted by atomic mass is 127. The lowest BCUT2D eigenvalue weighted by atomic mass is 9.80. The van der Waals surface area contributed by atoms with E-state index in [2.05, 4.69) is 33.9 Å². The zero-order chi connectivity index (χ0) is 13.0. The number of rotatable bonds is 3. The second kappa shape index (κ2) is 7.93. The summed E-state index contributed by atoms with van der Waals surface area (Å²) in [7, 11) is 1.83. The van der Waals surface area contributed by atoms with Crippen molar-refractivity contribution in [3.8, 4) is 0 Å². The van der Waals surface area contributed by atoms with Crippen LogP contribution in [0.3, 0.4) is 0 Å². The summed E-state index contributed by atoms with van der Waals surface area (Å²) in [6.45, 7) is 5.01. The van der Waals surface area contributed by atoms with Crippen molar-refractivity contribution in [2.45, 2.75) is 43.5 Å². The Morgan fingerprint density at radius 3 is 2.79 bits per heavy atom. The largest absolute Gasteiger partial charge is 0.388 e. The van der Waals surface area contributed by atoms with E-state index >= 15 is 0 Å². The highest BCUT2D eigenvalue weighted by Gasteiger charge is 2.34. The summed E-state index contributed by atoms with van der Waals surface area (Å²) in [6.07, 6.45) is 4.20. The van der Waals surface area contributed by atoms with Gasteiger partial charge in [-0.2, -0.15) is 11.8 Å². The van der Waals surface area contributed by atoms with Crippen molar-refractivity contribution < 1.29 is 5.11 Å². The molecule has 1 heterocycles. The number of thioether (sulfide) groups is 1. The Hall–Kier alpha value is 0.310. The molecule has 0 spiro atoms. The molecule has 19 heavy (non-hydrogen) atoms. The summed E-state index contributed by atoms with van der Waals surface area (Å²) in [5, 5.41) is 14.2. The lowest BCUT2D eigenvalue weighted by molar-refractivity contribution is -0.0282. The normalized spacial score (nSPS) is 26.4. The summed E-state index contributed by atoms with van der Waals surface area (Å²) >= 11 is 2.06. The standard InChI is InChI=1S/C13H25N3OS.HI/c1-3-11-9-16(7-8-18-11)12(14-2)15-10-13(17)5-4-6-13;/h11,17H,3-10H2,1-2H3,(H,14,15);1H. The zero-order valence-corrected chi connectivity index (χ0v) is 15.0. The maximum atomic E-state index is 10.1. The van der Waals surface area contributed by atoms with Gasteiger partial charge in [0.05, 0.1) is 5.60 Å². The first-order valence-electron chi connectivity index (χ1n) is 6.96. The van der Waals surface area contributed by atoms with Crippen LogP contribution in [0.5, 0.6) is 0 Å². The first-order valence-corrected chi connectivity index (χ1v) is 8.01. The lowest BCUT2D eigenvalue weighted by Crippen LogP contribution is -2.53. The molecule has 1 aliphatic heterocycles. The van der Waals surface area contributed by atoms with Crippen LogP contribution in [0.2, 0.25) is 0 Å². The Labute approximate surface area is 137 Å². The SMILES string of the molecule is CCC1CN(C(=NC)NCC2(O)CCC2)CCS1.I. The van der Waals surface area contributed by atoms with Gasteiger partial charge in [-0.05, 0) is 25.7 Å². The fraction of sp³-hybridized carbons (Fsp3) is 0.923. The molecule has 112 valence electrons. The number of aliphatic imine (C=N–C) groups is 1. The Balaban J connectivity index is 0.00000180. The van der Waals surface area contributed by atoms with E-state index in [1.54, 1.807) is 0 Å². The Kier molecular flexibility index (Phi) is 7.24. The first-order chi connectivity index (χ1) is 8.67. The number of aliphatic hydroxyl groups is 1. The number of halogens is 1. The van der Waals surface area contributed by atoms with E-state index in [0.29, 0.717) is 11.8 Å². The smallest absolute Gasteiger partial charge is 0.193 e. The number of guanidine groups is 1. The van der Waals surface area contributed by atoms with Gasteiger partial charge in [0.2, 0.25) is 0 Å². The summed E-state index contributed by atoms with van der Waals surface area (Å²) < 4.78 is 0. The average molecular weight is 399 g/mol. The Bertz CT molecular complexity index is 310. The van der Waals surface area contributed by atoms with E-state index in [9.17, 15) is 5.11 Å². The van der Waals surface area contributed by atoms with Crippen molar-refractivity contribution in [3.05, 3.63) is 0 Å². The highest BCUT2D eigenvalue weighted by molar-refractivity contribution is 14.0. The summed E-state index contributed by atoms with van der Waals surface area (Å²) in [5.74, 6) is 2.12. The van der Waals surface area contributed by atoms with Gasteiger partial charge in [0, 0.05) is 37.7 Å². The predicted molar refractivity (Wildman–Crippen MR) is 93.7 cm³/mol. The highest BCUT2D eigenvalue weighted by Crippen LogP contribution is 2.30. The third-order valence-corrected chi connectivity index (χ3v) is 5.34. The van der Waals surface area contributed by atoms with E-state index in [1.807, 2.05) is 7.05 Å². The third-order valence-electron chi connectivity index (χ3n) is 3.97. The molecule has 4 nitrogen and oxygen atoms in total. The van der Waals surface area contributed by atoms with Crippen LogP contribution in [0, 0.1) is 0 Å². The molecule has 2 N–H and O–H groups in total. The van der Waals surface area contributed by atoms with Gasteiger partial charge >= 0.3 is 0 Å². The molecule has 2 fully saturated rings. The van der Waals surface area contributed by atoms with Crippen molar-refractivity contribution in [1.29, 1.82) is 0 Å². The minimum Gasteiger partial charge on any atom is -0.388 e. The zero-order valence-electron chi connectivity index (χ0n) is 11.9. The minimum absolute atomic E-state index is 0. The summed E-state index contributed by atoms with van der Waals surface area (Å²) in [6, 6.07) is 0. The molecule has 2 aliphatic rings. The Morgan fingerprint density at radius 1 is 1.53 bits per heavy atom. The lowest BCUT2D eigenvalue weighted by Gasteiger charge is -2.39. The minimum atomic E-state index is -0.482. The van der Waals surface area contributed by atoms with E-state index in [0.717, 1.165) is 38.3 Å². The van der Waals surface area contributed by atoms with Crippen LogP contribution in [0.25, 0.3) is 0 Å².